The zero-order valence-corrected chi connectivity index (χ0v) is 29.9. The molecule has 0 radical (unpaired) electrons. The van der Waals surface area contributed by atoms with Crippen LogP contribution >= 0.6 is 0 Å². The van der Waals surface area contributed by atoms with Crippen molar-refractivity contribution in [2.45, 2.75) is 65.2 Å². The zero-order valence-electron chi connectivity index (χ0n) is 29.1. The molecule has 2 aliphatic carbocycles. The number of hydrogen-bond acceptors (Lipinski definition) is 4. The fraction of sp³-hybridized carbons (Fsp3) is 0.372. The van der Waals surface area contributed by atoms with Crippen LogP contribution in [0, 0.1) is 22.7 Å². The van der Waals surface area contributed by atoms with Gasteiger partial charge in [-0.1, -0.05) is 123 Å². The van der Waals surface area contributed by atoms with Gasteiger partial charge in [0, 0.05) is 48.7 Å². The van der Waals surface area contributed by atoms with Crippen molar-refractivity contribution in [3.05, 3.63) is 144 Å². The van der Waals surface area contributed by atoms with E-state index in [4.69, 9.17) is 0 Å². The third kappa shape index (κ3) is 5.78. The molecular weight excluding hydrogens is 639 g/mol. The molecule has 2 heterocycles. The minimum absolute atomic E-state index is 0.0841. The number of fused-ring (bicyclic) bond motifs is 2. The Kier molecular flexibility index (Phi) is 8.47. The predicted octanol–water partition coefficient (Wildman–Crippen LogP) is 7.92. The molecule has 8 rings (SSSR count). The van der Waals surface area contributed by atoms with Crippen LogP contribution in [-0.4, -0.2) is 46.4 Å². The minimum atomic E-state index is -3.77. The Labute approximate surface area is 296 Å². The predicted molar refractivity (Wildman–Crippen MR) is 200 cm³/mol. The van der Waals surface area contributed by atoms with E-state index in [2.05, 4.69) is 102 Å². The highest BCUT2D eigenvalue weighted by atomic mass is 32.2. The highest BCUT2D eigenvalue weighted by Gasteiger charge is 2.72. The van der Waals surface area contributed by atoms with Crippen molar-refractivity contribution in [2.24, 2.45) is 22.7 Å². The molecule has 4 aromatic carbocycles. The number of carbonyl (C=O) groups is 1. The number of para-hydroxylation sites is 1. The van der Waals surface area contributed by atoms with Crippen molar-refractivity contribution in [1.29, 1.82) is 0 Å². The van der Waals surface area contributed by atoms with Gasteiger partial charge < -0.3 is 4.57 Å². The maximum absolute atomic E-state index is 15.2. The lowest BCUT2D eigenvalue weighted by molar-refractivity contribution is -0.134. The lowest BCUT2D eigenvalue weighted by Gasteiger charge is -2.38. The summed E-state index contributed by atoms with van der Waals surface area (Å²) < 4.78 is 32.1. The molecule has 1 aromatic heterocycles. The Hall–Kier alpha value is -4.20. The summed E-state index contributed by atoms with van der Waals surface area (Å²) in [6, 6.07) is 39.3. The molecule has 6 nitrogen and oxygen atoms in total. The highest BCUT2D eigenvalue weighted by Crippen LogP contribution is 2.70. The van der Waals surface area contributed by atoms with Gasteiger partial charge in [0.05, 0.1) is 17.7 Å². The Morgan fingerprint density at radius 3 is 2.02 bits per heavy atom. The summed E-state index contributed by atoms with van der Waals surface area (Å²) >= 11 is 0. The van der Waals surface area contributed by atoms with Crippen LogP contribution in [0.4, 0.5) is 0 Å². The normalized spacial score (nSPS) is 23.8. The first-order valence-corrected chi connectivity index (χ1v) is 19.7. The zero-order chi connectivity index (χ0) is 34.5. The first kappa shape index (κ1) is 33.0. The maximum atomic E-state index is 15.2. The van der Waals surface area contributed by atoms with Crippen molar-refractivity contribution in [3.63, 3.8) is 0 Å². The van der Waals surface area contributed by atoms with Gasteiger partial charge in [-0.3, -0.25) is 9.69 Å². The van der Waals surface area contributed by atoms with Crippen molar-refractivity contribution in [3.8, 4) is 0 Å². The van der Waals surface area contributed by atoms with E-state index in [1.165, 1.54) is 9.87 Å². The summed E-state index contributed by atoms with van der Waals surface area (Å²) in [7, 11) is -3.77. The molecule has 1 aliphatic heterocycles. The molecule has 7 heteroatoms. The van der Waals surface area contributed by atoms with Crippen LogP contribution in [0.2, 0.25) is 0 Å². The van der Waals surface area contributed by atoms with Crippen molar-refractivity contribution >= 4 is 26.8 Å². The Bertz CT molecular complexity index is 2050. The van der Waals surface area contributed by atoms with Crippen LogP contribution in [0.1, 0.15) is 55.4 Å². The summed E-state index contributed by atoms with van der Waals surface area (Å²) in [4.78, 5) is 17.5. The third-order valence-electron chi connectivity index (χ3n) is 12.5. The van der Waals surface area contributed by atoms with Crippen LogP contribution in [-0.2, 0) is 40.9 Å². The van der Waals surface area contributed by atoms with E-state index in [0.717, 1.165) is 53.4 Å². The molecule has 3 aliphatic rings. The molecule has 4 atom stereocenters. The lowest BCUT2D eigenvalue weighted by Crippen LogP contribution is -2.48. The molecule has 258 valence electrons. The van der Waals surface area contributed by atoms with Crippen LogP contribution in [0.25, 0.3) is 10.9 Å². The van der Waals surface area contributed by atoms with Gasteiger partial charge in [-0.25, -0.2) is 12.7 Å². The van der Waals surface area contributed by atoms with Crippen LogP contribution < -0.4 is 0 Å². The monoisotopic (exact) mass is 685 g/mol. The van der Waals surface area contributed by atoms with Crippen LogP contribution in [0.3, 0.4) is 0 Å². The number of amides is 1. The van der Waals surface area contributed by atoms with E-state index in [0.29, 0.717) is 32.0 Å². The van der Waals surface area contributed by atoms with Crippen molar-refractivity contribution < 1.29 is 13.2 Å². The van der Waals surface area contributed by atoms with E-state index in [1.807, 2.05) is 42.5 Å². The summed E-state index contributed by atoms with van der Waals surface area (Å²) in [5.41, 5.74) is 5.26. The van der Waals surface area contributed by atoms with Crippen LogP contribution in [0.15, 0.2) is 121 Å². The van der Waals surface area contributed by atoms with E-state index in [9.17, 15) is 8.42 Å². The van der Waals surface area contributed by atoms with Gasteiger partial charge >= 0.3 is 0 Å². The summed E-state index contributed by atoms with van der Waals surface area (Å²) in [6.45, 7) is 6.97. The minimum Gasteiger partial charge on any atom is -0.343 e. The van der Waals surface area contributed by atoms with Gasteiger partial charge in [0.2, 0.25) is 15.9 Å². The van der Waals surface area contributed by atoms with Gasteiger partial charge in [0.1, 0.15) is 0 Å². The highest BCUT2D eigenvalue weighted by molar-refractivity contribution is 7.90. The number of sulfonamides is 1. The lowest BCUT2D eigenvalue weighted by atomic mass is 9.69. The Morgan fingerprint density at radius 1 is 0.820 bits per heavy atom. The van der Waals surface area contributed by atoms with Gasteiger partial charge in [0.15, 0.2) is 0 Å². The molecule has 1 amide bonds. The number of aromatic nitrogens is 1. The molecule has 2 bridgehead atoms. The summed E-state index contributed by atoms with van der Waals surface area (Å²) in [5.74, 6) is -0.256. The molecule has 1 spiro atoms. The third-order valence-corrected chi connectivity index (χ3v) is 14.4. The van der Waals surface area contributed by atoms with Gasteiger partial charge in [-0.2, -0.15) is 0 Å². The van der Waals surface area contributed by atoms with Gasteiger partial charge in [0.25, 0.3) is 0 Å². The number of hydrogen-bond donors (Lipinski definition) is 0. The molecule has 1 saturated heterocycles. The van der Waals surface area contributed by atoms with Crippen molar-refractivity contribution in [1.82, 2.24) is 13.8 Å². The largest absolute Gasteiger partial charge is 0.343 e. The number of nitrogens with zero attached hydrogens (tertiary/aromatic N) is 3. The number of carbonyl (C=O) groups excluding carboxylic acids is 1. The SMILES string of the molecule is CC1(C)[C@H]2CC[C@@]13CS(=O)(=O)N(C(=O)[C@H](Cc1cn(Cc4ccccc4)c4ccccc14)CN(Cc1ccccc1)Cc1ccccc1)[C@H]3C2. The van der Waals surface area contributed by atoms with E-state index < -0.39 is 15.9 Å². The molecule has 0 unspecified atom stereocenters. The first-order valence-electron chi connectivity index (χ1n) is 18.1. The Balaban J connectivity index is 1.19. The molecular formula is C43H47N3O3S. The van der Waals surface area contributed by atoms with Gasteiger partial charge in [-0.15, -0.1) is 0 Å². The molecule has 5 aromatic rings. The van der Waals surface area contributed by atoms with E-state index >= 15 is 4.79 Å². The molecule has 50 heavy (non-hydrogen) atoms. The molecule has 0 N–H and O–H groups in total. The molecule has 3 fully saturated rings. The van der Waals surface area contributed by atoms with E-state index in [1.54, 1.807) is 0 Å². The van der Waals surface area contributed by atoms with E-state index in [-0.39, 0.29) is 28.5 Å². The smallest absolute Gasteiger partial charge is 0.241 e. The standard InChI is InChI=1S/C43H47N3O3S/c1-42(2)37-22-23-43(42)31-50(48,49)46(40(43)25-37)41(47)36(29-44(26-32-14-6-3-7-15-32)27-33-16-8-4-9-17-33)24-35-30-45(28-34-18-10-5-11-19-34)39-21-13-12-20-38(35)39/h3-21,30,36-37,40H,22-29,31H2,1-2H3/t36-,37+,40+,43+/m1/s1. The second-order valence-corrected chi connectivity index (χ2v) is 17.4. The second kappa shape index (κ2) is 12.8. The second-order valence-electron chi connectivity index (χ2n) is 15.6. The van der Waals surface area contributed by atoms with Gasteiger partial charge in [-0.05, 0) is 65.3 Å². The topological polar surface area (TPSA) is 62.6 Å². The first-order chi connectivity index (χ1) is 24.1. The Morgan fingerprint density at radius 2 is 1.40 bits per heavy atom. The fourth-order valence-electron chi connectivity index (χ4n) is 9.83. The quantitative estimate of drug-likeness (QED) is 0.142. The maximum Gasteiger partial charge on any atom is 0.241 e. The number of rotatable bonds is 11. The summed E-state index contributed by atoms with van der Waals surface area (Å²) in [5, 5.41) is 1.11. The molecule has 2 saturated carbocycles. The fourth-order valence-corrected chi connectivity index (χ4v) is 12.4. The average molecular weight is 686 g/mol. The summed E-state index contributed by atoms with van der Waals surface area (Å²) in [6.07, 6.45) is 5.35. The average Bonchev–Trinajstić information content (AvgIpc) is 3.73. The number of benzene rings is 4. The van der Waals surface area contributed by atoms with Crippen molar-refractivity contribution in [2.75, 3.05) is 12.3 Å². The van der Waals surface area contributed by atoms with Crippen LogP contribution in [0.5, 0.6) is 0 Å².